The topological polar surface area (TPSA) is 54.1 Å². The van der Waals surface area contributed by atoms with Gasteiger partial charge in [0.15, 0.2) is 0 Å². The monoisotopic (exact) mass is 314 g/mol. The lowest BCUT2D eigenvalue weighted by molar-refractivity contribution is 0.102. The van der Waals surface area contributed by atoms with Crippen LogP contribution in [-0.4, -0.2) is 12.1 Å². The normalized spacial score (nSPS) is 12.7. The fourth-order valence-corrected chi connectivity index (χ4v) is 2.57. The van der Waals surface area contributed by atoms with Crippen LogP contribution in [0.1, 0.15) is 44.4 Å². The van der Waals surface area contributed by atoms with Gasteiger partial charge >= 0.3 is 0 Å². The highest BCUT2D eigenvalue weighted by Crippen LogP contribution is 2.26. The molecule has 124 valence electrons. The highest BCUT2D eigenvalue weighted by molar-refractivity contribution is 5.85. The summed E-state index contributed by atoms with van der Waals surface area (Å²) in [6.45, 7) is 10.3. The van der Waals surface area contributed by atoms with Crippen molar-refractivity contribution in [2.75, 3.05) is 7.11 Å². The van der Waals surface area contributed by atoms with E-state index in [1.54, 1.807) is 7.11 Å². The maximum Gasteiger partial charge on any atom is 0.256 e. The van der Waals surface area contributed by atoms with Crippen molar-refractivity contribution in [3.8, 4) is 0 Å². The van der Waals surface area contributed by atoms with Crippen LogP contribution in [0.5, 0.6) is 0 Å². The summed E-state index contributed by atoms with van der Waals surface area (Å²) in [6.07, 6.45) is 2.83. The smallest absolute Gasteiger partial charge is 0.256 e. The van der Waals surface area contributed by atoms with E-state index in [9.17, 15) is 4.79 Å². The van der Waals surface area contributed by atoms with Crippen molar-refractivity contribution >= 4 is 17.0 Å². The third-order valence-electron chi connectivity index (χ3n) is 4.10. The van der Waals surface area contributed by atoms with Gasteiger partial charge in [-0.25, -0.2) is 0 Å². The first-order valence-electron chi connectivity index (χ1n) is 7.94. The lowest BCUT2D eigenvalue weighted by Crippen LogP contribution is -2.24. The van der Waals surface area contributed by atoms with E-state index >= 15 is 0 Å². The molecule has 0 radical (unpaired) electrons. The molecule has 0 bridgehead atoms. The number of benzene rings is 1. The van der Waals surface area contributed by atoms with Crippen LogP contribution in [0.25, 0.3) is 17.0 Å². The van der Waals surface area contributed by atoms with Gasteiger partial charge in [-0.15, -0.1) is 0 Å². The zero-order valence-electron chi connectivity index (χ0n) is 14.8. The maximum atomic E-state index is 12.6. The molecule has 0 spiro atoms. The third-order valence-corrected chi connectivity index (χ3v) is 4.10. The Kier molecular flexibility index (Phi) is 4.95. The highest BCUT2D eigenvalue weighted by atomic mass is 16.6. The predicted octanol–water partition coefficient (Wildman–Crippen LogP) is 3.94. The molecule has 0 unspecified atom stereocenters. The molecule has 1 aromatic carbocycles. The molecule has 4 heteroatoms. The predicted molar refractivity (Wildman–Crippen MR) is 96.3 cm³/mol. The Labute approximate surface area is 137 Å². The molecule has 2 N–H and O–H groups in total. The van der Waals surface area contributed by atoms with Crippen LogP contribution in [0.4, 0.5) is 0 Å². The van der Waals surface area contributed by atoms with Crippen molar-refractivity contribution in [1.82, 2.24) is 10.5 Å². The minimum absolute atomic E-state index is 0.0806. The number of hydrogen-bond acceptors (Lipinski definition) is 3. The molecule has 0 fully saturated rings. The molecule has 1 heterocycles. The Morgan fingerprint density at radius 2 is 2.04 bits per heavy atom. The number of nitrogens with one attached hydrogen (secondary N) is 2. The molecule has 2 rings (SSSR count). The summed E-state index contributed by atoms with van der Waals surface area (Å²) in [6, 6.07) is 6.24. The van der Waals surface area contributed by atoms with Crippen molar-refractivity contribution in [1.29, 1.82) is 0 Å². The number of hydrogen-bond donors (Lipinski definition) is 2. The Balaban J connectivity index is 2.68. The highest BCUT2D eigenvalue weighted by Gasteiger charge is 2.19. The fourth-order valence-electron chi connectivity index (χ4n) is 2.57. The Hall–Kier alpha value is -2.07. The van der Waals surface area contributed by atoms with Crippen LogP contribution >= 0.6 is 0 Å². The van der Waals surface area contributed by atoms with E-state index < -0.39 is 0 Å². The summed E-state index contributed by atoms with van der Waals surface area (Å²) < 4.78 is 0. The molecular formula is C19H26N2O2. The standard InChI is InChI=1S/C19H26N2O2/c1-7-13-8-9-14-12(2)15(18(22)20-16(14)10-13)11-17(21-23-6)19(3,4)5/h8-11,21H,7H2,1-6H3,(H,20,22). The molecule has 0 aliphatic carbocycles. The van der Waals surface area contributed by atoms with Crippen LogP contribution in [0.15, 0.2) is 28.7 Å². The first-order chi connectivity index (χ1) is 10.8. The number of fused-ring (bicyclic) bond motifs is 1. The fraction of sp³-hybridized carbons (Fsp3) is 0.421. The Morgan fingerprint density at radius 1 is 1.35 bits per heavy atom. The van der Waals surface area contributed by atoms with Gasteiger partial charge in [0, 0.05) is 27.6 Å². The van der Waals surface area contributed by atoms with Gasteiger partial charge in [0.1, 0.15) is 0 Å². The van der Waals surface area contributed by atoms with Crippen molar-refractivity contribution in [3.05, 3.63) is 50.9 Å². The van der Waals surface area contributed by atoms with E-state index in [0.29, 0.717) is 5.56 Å². The van der Waals surface area contributed by atoms with Crippen LogP contribution in [0.2, 0.25) is 0 Å². The van der Waals surface area contributed by atoms with Gasteiger partial charge in [0.05, 0.1) is 7.11 Å². The average molecular weight is 314 g/mol. The summed E-state index contributed by atoms with van der Waals surface area (Å²) in [5, 5.41) is 1.07. The average Bonchev–Trinajstić information content (AvgIpc) is 2.48. The molecule has 1 aromatic heterocycles. The summed E-state index contributed by atoms with van der Waals surface area (Å²) in [5.41, 5.74) is 7.27. The zero-order valence-corrected chi connectivity index (χ0v) is 14.8. The second-order valence-electron chi connectivity index (χ2n) is 6.84. The van der Waals surface area contributed by atoms with Gasteiger partial charge in [-0.1, -0.05) is 39.8 Å². The number of allylic oxidation sites excluding steroid dienone is 1. The molecular weight excluding hydrogens is 288 g/mol. The molecule has 0 atom stereocenters. The van der Waals surface area contributed by atoms with Crippen LogP contribution in [0.3, 0.4) is 0 Å². The zero-order chi connectivity index (χ0) is 17.2. The van der Waals surface area contributed by atoms with Gasteiger partial charge < -0.3 is 4.98 Å². The number of aromatic nitrogens is 1. The summed E-state index contributed by atoms with van der Waals surface area (Å²) >= 11 is 0. The number of pyridine rings is 1. The molecule has 0 amide bonds. The molecule has 23 heavy (non-hydrogen) atoms. The van der Waals surface area contributed by atoms with Gasteiger partial charge in [-0.3, -0.25) is 15.1 Å². The first kappa shape index (κ1) is 17.3. The van der Waals surface area contributed by atoms with Crippen molar-refractivity contribution in [2.45, 2.75) is 41.0 Å². The summed E-state index contributed by atoms with van der Waals surface area (Å²) in [5.74, 6) is 0. The second kappa shape index (κ2) is 6.59. The lowest BCUT2D eigenvalue weighted by Gasteiger charge is -2.23. The lowest BCUT2D eigenvalue weighted by atomic mass is 9.90. The largest absolute Gasteiger partial charge is 0.321 e. The molecule has 0 aliphatic rings. The van der Waals surface area contributed by atoms with Crippen molar-refractivity contribution in [3.63, 3.8) is 0 Å². The Bertz CT molecular complexity index is 795. The summed E-state index contributed by atoms with van der Waals surface area (Å²) in [4.78, 5) is 20.6. The Morgan fingerprint density at radius 3 is 2.61 bits per heavy atom. The number of rotatable bonds is 4. The minimum Gasteiger partial charge on any atom is -0.321 e. The number of aryl methyl sites for hydroxylation is 2. The molecule has 0 saturated heterocycles. The molecule has 0 saturated carbocycles. The quantitative estimate of drug-likeness (QED) is 0.841. The van der Waals surface area contributed by atoms with Gasteiger partial charge in [0.2, 0.25) is 0 Å². The number of H-pyrrole nitrogens is 1. The van der Waals surface area contributed by atoms with E-state index in [2.05, 4.69) is 56.4 Å². The van der Waals surface area contributed by atoms with Gasteiger partial charge in [0.25, 0.3) is 5.56 Å². The van der Waals surface area contributed by atoms with Crippen LogP contribution in [-0.2, 0) is 11.3 Å². The van der Waals surface area contributed by atoms with Crippen LogP contribution in [0, 0.1) is 12.3 Å². The van der Waals surface area contributed by atoms with E-state index in [0.717, 1.165) is 28.6 Å². The maximum absolute atomic E-state index is 12.6. The minimum atomic E-state index is -0.157. The van der Waals surface area contributed by atoms with Crippen molar-refractivity contribution in [2.24, 2.45) is 5.41 Å². The van der Waals surface area contributed by atoms with Gasteiger partial charge in [-0.2, -0.15) is 0 Å². The van der Waals surface area contributed by atoms with Crippen LogP contribution < -0.4 is 11.0 Å². The molecule has 4 nitrogen and oxygen atoms in total. The van der Waals surface area contributed by atoms with E-state index in [1.807, 2.05) is 13.0 Å². The number of aromatic amines is 1. The SMILES string of the molecule is CCc1ccc2c(C)c(C=C(NOC)C(C)(C)C)c(=O)[nH]c2c1. The third kappa shape index (κ3) is 3.64. The number of hydroxylamine groups is 1. The molecule has 0 aliphatic heterocycles. The van der Waals surface area contributed by atoms with Gasteiger partial charge in [-0.05, 0) is 36.6 Å². The summed E-state index contributed by atoms with van der Waals surface area (Å²) in [7, 11) is 1.57. The first-order valence-corrected chi connectivity index (χ1v) is 7.94. The molecule has 2 aromatic rings. The second-order valence-corrected chi connectivity index (χ2v) is 6.84. The van der Waals surface area contributed by atoms with E-state index in [1.165, 1.54) is 5.56 Å². The van der Waals surface area contributed by atoms with Crippen molar-refractivity contribution < 1.29 is 4.84 Å². The van der Waals surface area contributed by atoms with E-state index in [-0.39, 0.29) is 11.0 Å². The van der Waals surface area contributed by atoms with E-state index in [4.69, 9.17) is 4.84 Å².